The van der Waals surface area contributed by atoms with Crippen LogP contribution in [0.1, 0.15) is 79.2 Å². The van der Waals surface area contributed by atoms with Crippen molar-refractivity contribution in [1.29, 1.82) is 0 Å². The number of halogens is 3. The summed E-state index contributed by atoms with van der Waals surface area (Å²) in [7, 11) is -4.21. The van der Waals surface area contributed by atoms with Gasteiger partial charge in [-0.05, 0) is 90.6 Å². The number of alkyl halides is 3. The maximum Gasteiger partial charge on any atom is 0.414 e. The first-order valence-electron chi connectivity index (χ1n) is 16.0. The molecule has 4 atom stereocenters. The molecule has 5 nitrogen and oxygen atoms in total. The van der Waals surface area contributed by atoms with E-state index in [2.05, 4.69) is 105 Å². The zero-order chi connectivity index (χ0) is 33.0. The Kier molecular flexibility index (Phi) is 10.1. The number of rotatable bonds is 6. The zero-order valence-electron chi connectivity index (χ0n) is 28.4. The van der Waals surface area contributed by atoms with Crippen molar-refractivity contribution in [2.45, 2.75) is 114 Å². The van der Waals surface area contributed by atoms with E-state index in [1.165, 1.54) is 11.1 Å². The first-order valence-corrected chi connectivity index (χ1v) is 22.9. The molecule has 3 aliphatic rings. The van der Waals surface area contributed by atoms with Crippen molar-refractivity contribution in [3.63, 3.8) is 0 Å². The Morgan fingerprint density at radius 3 is 1.95 bits per heavy atom. The third-order valence-electron chi connectivity index (χ3n) is 10.6. The Morgan fingerprint density at radius 1 is 0.909 bits per heavy atom. The van der Waals surface area contributed by atoms with Crippen LogP contribution in [0, 0.1) is 17.8 Å². The molecule has 1 aromatic carbocycles. The minimum absolute atomic E-state index is 0.0647. The van der Waals surface area contributed by atoms with Crippen molar-refractivity contribution < 1.29 is 18.4 Å². The Hall–Kier alpha value is -1.13. The van der Waals surface area contributed by atoms with Crippen LogP contribution < -0.4 is 8.85 Å². The van der Waals surface area contributed by atoms with Crippen LogP contribution in [0.25, 0.3) is 0 Å². The average Bonchev–Trinajstić information content (AvgIpc) is 2.86. The van der Waals surface area contributed by atoms with Crippen molar-refractivity contribution in [2.75, 3.05) is 13.2 Å². The quantitative estimate of drug-likeness (QED) is 0.168. The molecular formula is C34H52Cl3NO4Si2. The number of carbonyl (C=O) groups excluding carboxylic acids is 1. The van der Waals surface area contributed by atoms with Crippen molar-refractivity contribution in [1.82, 2.24) is 4.90 Å². The highest BCUT2D eigenvalue weighted by Crippen LogP contribution is 2.53. The molecule has 10 heteroatoms. The Bertz CT molecular complexity index is 1260. The number of nitrogens with zero attached hydrogens (tertiary/aromatic N) is 1. The molecule has 0 spiro atoms. The van der Waals surface area contributed by atoms with E-state index in [1.807, 2.05) is 0 Å². The minimum atomic E-state index is -2.10. The second-order valence-corrected chi connectivity index (χ2v) is 28.0. The van der Waals surface area contributed by atoms with Crippen LogP contribution in [-0.2, 0) is 4.74 Å². The summed E-state index contributed by atoms with van der Waals surface area (Å²) in [6.45, 7) is 25.3. The summed E-state index contributed by atoms with van der Waals surface area (Å²) in [4.78, 5) is 15.1. The predicted molar refractivity (Wildman–Crippen MR) is 189 cm³/mol. The molecule has 0 radical (unpaired) electrons. The van der Waals surface area contributed by atoms with E-state index < -0.39 is 26.5 Å². The predicted octanol–water partition coefficient (Wildman–Crippen LogP) is 11.2. The maximum absolute atomic E-state index is 13.3. The van der Waals surface area contributed by atoms with Gasteiger partial charge in [-0.3, -0.25) is 4.90 Å². The molecule has 0 fully saturated rings. The lowest BCUT2D eigenvalue weighted by molar-refractivity contribution is 0.0940. The molecule has 0 saturated heterocycles. The van der Waals surface area contributed by atoms with Gasteiger partial charge >= 0.3 is 6.09 Å². The average molecular weight is 701 g/mol. The molecule has 1 amide bonds. The van der Waals surface area contributed by atoms with Crippen LogP contribution in [0.5, 0.6) is 11.5 Å². The minimum Gasteiger partial charge on any atom is -0.543 e. The molecule has 1 aromatic rings. The van der Waals surface area contributed by atoms with Crippen LogP contribution >= 0.6 is 34.8 Å². The molecule has 0 unspecified atom stereocenters. The fourth-order valence-electron chi connectivity index (χ4n) is 6.20. The van der Waals surface area contributed by atoms with Crippen molar-refractivity contribution in [3.05, 3.63) is 47.2 Å². The van der Waals surface area contributed by atoms with Crippen molar-refractivity contribution >= 4 is 57.5 Å². The van der Waals surface area contributed by atoms with E-state index in [0.717, 1.165) is 36.5 Å². The Labute approximate surface area is 282 Å². The van der Waals surface area contributed by atoms with E-state index in [-0.39, 0.29) is 34.4 Å². The SMILES string of the molecule is C[C@H]1CN(C(=O)OCC(Cl)(Cl)Cl)C2=C3[C@@H]1[C@@H](c1cc(O[Si](C)(C)C(C)(C)C)cc(O[Si](C)(C)C(C)(C)C)c1)C=C[C@H]3CCC2. The lowest BCUT2D eigenvalue weighted by Crippen LogP contribution is -2.47. The number of hydrogen-bond donors (Lipinski definition) is 0. The molecule has 0 saturated carbocycles. The number of amides is 1. The lowest BCUT2D eigenvalue weighted by Gasteiger charge is -2.49. The highest BCUT2D eigenvalue weighted by Gasteiger charge is 2.46. The van der Waals surface area contributed by atoms with Gasteiger partial charge in [-0.25, -0.2) is 4.79 Å². The van der Waals surface area contributed by atoms with Crippen LogP contribution in [-0.4, -0.2) is 44.6 Å². The molecule has 1 aliphatic heterocycles. The molecule has 0 aromatic heterocycles. The van der Waals surface area contributed by atoms with Gasteiger partial charge in [-0.2, -0.15) is 0 Å². The number of ether oxygens (including phenoxy) is 1. The van der Waals surface area contributed by atoms with Crippen LogP contribution in [0.15, 0.2) is 41.6 Å². The smallest absolute Gasteiger partial charge is 0.414 e. The monoisotopic (exact) mass is 699 g/mol. The first kappa shape index (κ1) is 35.7. The fraction of sp³-hybridized carbons (Fsp3) is 0.676. The summed E-state index contributed by atoms with van der Waals surface area (Å²) in [5.41, 5.74) is 3.64. The molecule has 246 valence electrons. The van der Waals surface area contributed by atoms with Crippen molar-refractivity contribution in [2.24, 2.45) is 17.8 Å². The molecular weight excluding hydrogens is 649 g/mol. The standard InChI is InChI=1S/C34H52Cl3NO4Si2/c1-22-20-38(31(39)40-21-34(35,36)37)28-14-12-13-23-15-16-27(29(22)30(23)28)24-17-25(41-43(8,9)32(2,3)4)19-26(18-24)42-44(10,11)33(5,6)7/h15-19,22-23,27,29H,12-14,20-21H2,1-11H3/t22-,23+,27+,29-/m0/s1. The van der Waals surface area contributed by atoms with Gasteiger partial charge in [0.05, 0.1) is 0 Å². The van der Waals surface area contributed by atoms with Gasteiger partial charge in [0.25, 0.3) is 0 Å². The largest absolute Gasteiger partial charge is 0.543 e. The van der Waals surface area contributed by atoms with Gasteiger partial charge in [0.2, 0.25) is 20.4 Å². The lowest BCUT2D eigenvalue weighted by atomic mass is 9.62. The highest BCUT2D eigenvalue weighted by molar-refractivity contribution is 6.75. The van der Waals surface area contributed by atoms with Crippen LogP contribution in [0.3, 0.4) is 0 Å². The zero-order valence-corrected chi connectivity index (χ0v) is 32.7. The van der Waals surface area contributed by atoms with Gasteiger partial charge in [0.15, 0.2) is 0 Å². The topological polar surface area (TPSA) is 48.0 Å². The second kappa shape index (κ2) is 12.5. The number of benzene rings is 1. The highest BCUT2D eigenvalue weighted by atomic mass is 35.6. The Morgan fingerprint density at radius 2 is 1.45 bits per heavy atom. The molecule has 4 rings (SSSR count). The van der Waals surface area contributed by atoms with E-state index >= 15 is 0 Å². The van der Waals surface area contributed by atoms with Gasteiger partial charge in [-0.1, -0.05) is 95.4 Å². The van der Waals surface area contributed by atoms with Crippen LogP contribution in [0.4, 0.5) is 4.79 Å². The first-order chi connectivity index (χ1) is 20.0. The molecule has 0 N–H and O–H groups in total. The van der Waals surface area contributed by atoms with Gasteiger partial charge < -0.3 is 13.6 Å². The summed E-state index contributed by atoms with van der Waals surface area (Å²) >= 11 is 17.7. The third kappa shape index (κ3) is 7.70. The van der Waals surface area contributed by atoms with Gasteiger partial charge in [0, 0.05) is 30.1 Å². The maximum atomic E-state index is 13.3. The normalized spacial score (nSPS) is 24.6. The second-order valence-electron chi connectivity index (χ2n) is 16.1. The fourth-order valence-corrected chi connectivity index (χ4v) is 8.39. The molecule has 44 heavy (non-hydrogen) atoms. The number of carbonyl (C=O) groups is 1. The van der Waals surface area contributed by atoms with Gasteiger partial charge in [0.1, 0.15) is 18.1 Å². The summed E-state index contributed by atoms with van der Waals surface area (Å²) in [6, 6.07) is 6.59. The Balaban J connectivity index is 1.78. The summed E-state index contributed by atoms with van der Waals surface area (Å²) < 4.78 is 17.7. The summed E-state index contributed by atoms with van der Waals surface area (Å²) in [6.07, 6.45) is 7.26. The summed E-state index contributed by atoms with van der Waals surface area (Å²) in [5, 5.41) is 0.129. The van der Waals surface area contributed by atoms with E-state index in [4.69, 9.17) is 48.4 Å². The van der Waals surface area contributed by atoms with Gasteiger partial charge in [-0.15, -0.1) is 0 Å². The number of hydrogen-bond acceptors (Lipinski definition) is 4. The van der Waals surface area contributed by atoms with Crippen molar-refractivity contribution in [3.8, 4) is 11.5 Å². The third-order valence-corrected chi connectivity index (χ3v) is 19.6. The molecule has 1 heterocycles. The summed E-state index contributed by atoms with van der Waals surface area (Å²) in [5.74, 6) is 2.66. The molecule has 2 aliphatic carbocycles. The van der Waals surface area contributed by atoms with E-state index in [1.54, 1.807) is 4.90 Å². The van der Waals surface area contributed by atoms with E-state index in [9.17, 15) is 4.79 Å². The number of allylic oxidation sites excluding steroid dienone is 4. The van der Waals surface area contributed by atoms with E-state index in [0.29, 0.717) is 12.5 Å². The van der Waals surface area contributed by atoms with Crippen LogP contribution in [0.2, 0.25) is 36.3 Å². The molecule has 0 bridgehead atoms.